The number of carbonyl (C=O) groups excluding carboxylic acids is 2. The van der Waals surface area contributed by atoms with E-state index in [9.17, 15) is 9.59 Å². The Kier molecular flexibility index (Phi) is 6.57. The number of nitrogens with one attached hydrogen (secondary N) is 1. The molecule has 6 nitrogen and oxygen atoms in total. The highest BCUT2D eigenvalue weighted by atomic mass is 32.1. The maximum Gasteiger partial charge on any atom is 0.341 e. The fourth-order valence-corrected chi connectivity index (χ4v) is 4.68. The normalized spacial score (nSPS) is 15.5. The number of benzene rings is 1. The molecule has 0 fully saturated rings. The van der Waals surface area contributed by atoms with Gasteiger partial charge < -0.3 is 19.5 Å². The molecule has 1 aromatic heterocycles. The number of hydrogen-bond acceptors (Lipinski definition) is 6. The van der Waals surface area contributed by atoms with Crippen molar-refractivity contribution in [1.29, 1.82) is 0 Å². The van der Waals surface area contributed by atoms with Gasteiger partial charge >= 0.3 is 5.97 Å². The Balaban J connectivity index is 1.73. The van der Waals surface area contributed by atoms with Gasteiger partial charge in [0.25, 0.3) is 5.91 Å². The second-order valence-electron chi connectivity index (χ2n) is 6.79. The van der Waals surface area contributed by atoms with Gasteiger partial charge in [-0.25, -0.2) is 4.79 Å². The average Bonchev–Trinajstić information content (AvgIpc) is 3.03. The van der Waals surface area contributed by atoms with Crippen LogP contribution in [0.4, 0.5) is 5.00 Å². The van der Waals surface area contributed by atoms with Crippen molar-refractivity contribution in [1.82, 2.24) is 0 Å². The van der Waals surface area contributed by atoms with Gasteiger partial charge in [0.2, 0.25) is 0 Å². The minimum Gasteiger partial charge on any atom is -0.497 e. The number of thiophene rings is 1. The zero-order valence-electron chi connectivity index (χ0n) is 16.4. The molecule has 1 heterocycles. The predicted molar refractivity (Wildman–Crippen MR) is 109 cm³/mol. The number of methoxy groups -OCH3 is 1. The molecule has 0 unspecified atom stereocenters. The van der Waals surface area contributed by atoms with E-state index in [4.69, 9.17) is 14.2 Å². The highest BCUT2D eigenvalue weighted by Crippen LogP contribution is 2.40. The van der Waals surface area contributed by atoms with Gasteiger partial charge in [-0.1, -0.05) is 13.0 Å². The van der Waals surface area contributed by atoms with E-state index in [1.165, 1.54) is 11.3 Å². The summed E-state index contributed by atoms with van der Waals surface area (Å²) in [6, 6.07) is 7.06. The molecule has 0 saturated heterocycles. The Morgan fingerprint density at radius 3 is 2.82 bits per heavy atom. The van der Waals surface area contributed by atoms with Gasteiger partial charge in [-0.2, -0.15) is 0 Å². The lowest BCUT2D eigenvalue weighted by Crippen LogP contribution is -2.21. The summed E-state index contributed by atoms with van der Waals surface area (Å²) in [4.78, 5) is 26.1. The molecule has 0 bridgehead atoms. The topological polar surface area (TPSA) is 73.9 Å². The number of anilines is 1. The molecule has 1 atom stereocenters. The van der Waals surface area contributed by atoms with Gasteiger partial charge in [0, 0.05) is 10.9 Å². The molecular formula is C21H25NO5S. The molecule has 2 aromatic rings. The minimum absolute atomic E-state index is 0.158. The molecule has 0 radical (unpaired) electrons. The van der Waals surface area contributed by atoms with Crippen molar-refractivity contribution in [3.8, 4) is 11.5 Å². The van der Waals surface area contributed by atoms with Gasteiger partial charge in [0.1, 0.15) is 16.5 Å². The second kappa shape index (κ2) is 9.10. The predicted octanol–water partition coefficient (Wildman–Crippen LogP) is 4.08. The van der Waals surface area contributed by atoms with Gasteiger partial charge in [-0.15, -0.1) is 11.3 Å². The fourth-order valence-electron chi connectivity index (χ4n) is 3.26. The van der Waals surface area contributed by atoms with Crippen LogP contribution in [0.2, 0.25) is 0 Å². The van der Waals surface area contributed by atoms with E-state index in [1.54, 1.807) is 38.3 Å². The van der Waals surface area contributed by atoms with E-state index in [0.29, 0.717) is 34.6 Å². The third kappa shape index (κ3) is 4.65. The van der Waals surface area contributed by atoms with Crippen LogP contribution < -0.4 is 14.8 Å². The van der Waals surface area contributed by atoms with Crippen LogP contribution in [-0.2, 0) is 22.4 Å². The van der Waals surface area contributed by atoms with Crippen molar-refractivity contribution in [2.75, 3.05) is 25.6 Å². The van der Waals surface area contributed by atoms with Crippen molar-refractivity contribution >= 4 is 28.2 Å². The first-order valence-corrected chi connectivity index (χ1v) is 10.2. The first kappa shape index (κ1) is 20.2. The van der Waals surface area contributed by atoms with Gasteiger partial charge in [-0.3, -0.25) is 4.79 Å². The SMILES string of the molecule is CCOC(=O)c1c(NC(=O)COc2cccc(OC)c2)sc2c1CC[C@@H](C)C2. The Morgan fingerprint density at radius 2 is 2.07 bits per heavy atom. The first-order valence-electron chi connectivity index (χ1n) is 9.40. The minimum atomic E-state index is -0.376. The largest absolute Gasteiger partial charge is 0.497 e. The molecule has 28 heavy (non-hydrogen) atoms. The van der Waals surface area contributed by atoms with E-state index < -0.39 is 0 Å². The lowest BCUT2D eigenvalue weighted by molar-refractivity contribution is -0.118. The first-order chi connectivity index (χ1) is 13.5. The zero-order chi connectivity index (χ0) is 20.1. The van der Waals surface area contributed by atoms with Gasteiger partial charge in [0.05, 0.1) is 19.3 Å². The van der Waals surface area contributed by atoms with Gasteiger partial charge in [-0.05, 0) is 49.8 Å². The molecule has 3 rings (SSSR count). The smallest absolute Gasteiger partial charge is 0.341 e. The molecule has 1 N–H and O–H groups in total. The van der Waals surface area contributed by atoms with E-state index in [-0.39, 0.29) is 18.5 Å². The lowest BCUT2D eigenvalue weighted by Gasteiger charge is -2.18. The average molecular weight is 404 g/mol. The lowest BCUT2D eigenvalue weighted by atomic mass is 9.88. The maximum absolute atomic E-state index is 12.5. The molecule has 0 aliphatic heterocycles. The summed E-state index contributed by atoms with van der Waals surface area (Å²) in [6.45, 7) is 4.12. The quantitative estimate of drug-likeness (QED) is 0.705. The number of fused-ring (bicyclic) bond motifs is 1. The third-order valence-corrected chi connectivity index (χ3v) is 5.83. The fraction of sp³-hybridized carbons (Fsp3) is 0.429. The van der Waals surface area contributed by atoms with Crippen LogP contribution in [-0.4, -0.2) is 32.2 Å². The van der Waals surface area contributed by atoms with E-state index in [2.05, 4.69) is 12.2 Å². The molecular weight excluding hydrogens is 378 g/mol. The van der Waals surface area contributed by atoms with Crippen LogP contribution in [0.25, 0.3) is 0 Å². The molecule has 150 valence electrons. The zero-order valence-corrected chi connectivity index (χ0v) is 17.2. The van der Waals surface area contributed by atoms with Crippen molar-refractivity contribution in [3.63, 3.8) is 0 Å². The van der Waals surface area contributed by atoms with E-state index >= 15 is 0 Å². The summed E-state index contributed by atoms with van der Waals surface area (Å²) >= 11 is 1.47. The summed E-state index contributed by atoms with van der Waals surface area (Å²) in [5.41, 5.74) is 1.52. The summed E-state index contributed by atoms with van der Waals surface area (Å²) in [5.74, 6) is 1.07. The number of ether oxygens (including phenoxy) is 3. The van der Waals surface area contributed by atoms with Crippen molar-refractivity contribution in [2.45, 2.75) is 33.1 Å². The van der Waals surface area contributed by atoms with Crippen molar-refractivity contribution in [3.05, 3.63) is 40.3 Å². The summed E-state index contributed by atoms with van der Waals surface area (Å²) in [7, 11) is 1.57. The highest BCUT2D eigenvalue weighted by Gasteiger charge is 2.29. The summed E-state index contributed by atoms with van der Waals surface area (Å²) in [5, 5.41) is 3.40. The number of rotatable bonds is 7. The Labute approximate surface area is 168 Å². The Bertz CT molecular complexity index is 860. The number of esters is 1. The Hall–Kier alpha value is -2.54. The molecule has 1 amide bonds. The number of carbonyl (C=O) groups is 2. The molecule has 0 spiro atoms. The summed E-state index contributed by atoms with van der Waals surface area (Å²) in [6.07, 6.45) is 2.78. The highest BCUT2D eigenvalue weighted by molar-refractivity contribution is 7.17. The van der Waals surface area contributed by atoms with Crippen LogP contribution in [0.15, 0.2) is 24.3 Å². The number of amides is 1. The standard InChI is InChI=1S/C21H25NO5S/c1-4-26-21(24)19-16-9-8-13(2)10-17(16)28-20(19)22-18(23)12-27-15-7-5-6-14(11-15)25-3/h5-7,11,13H,4,8-10,12H2,1-3H3,(H,22,23)/t13-/m1/s1. The van der Waals surface area contributed by atoms with Gasteiger partial charge in [0.15, 0.2) is 6.61 Å². The molecule has 1 aromatic carbocycles. The van der Waals surface area contributed by atoms with Crippen LogP contribution in [0, 0.1) is 5.92 Å². The summed E-state index contributed by atoms with van der Waals surface area (Å²) < 4.78 is 15.9. The van der Waals surface area contributed by atoms with Crippen LogP contribution in [0.5, 0.6) is 11.5 Å². The monoisotopic (exact) mass is 403 g/mol. The molecule has 0 saturated carbocycles. The third-order valence-electron chi connectivity index (χ3n) is 4.66. The second-order valence-corrected chi connectivity index (χ2v) is 7.90. The Morgan fingerprint density at radius 1 is 1.29 bits per heavy atom. The van der Waals surface area contributed by atoms with Crippen LogP contribution in [0.3, 0.4) is 0 Å². The van der Waals surface area contributed by atoms with Crippen LogP contribution in [0.1, 0.15) is 41.1 Å². The van der Waals surface area contributed by atoms with E-state index in [0.717, 1.165) is 29.7 Å². The van der Waals surface area contributed by atoms with Crippen molar-refractivity contribution < 1.29 is 23.8 Å². The molecule has 1 aliphatic rings. The van der Waals surface area contributed by atoms with Crippen molar-refractivity contribution in [2.24, 2.45) is 5.92 Å². The maximum atomic E-state index is 12.5. The number of hydrogen-bond donors (Lipinski definition) is 1. The molecule has 1 aliphatic carbocycles. The molecule has 7 heteroatoms. The van der Waals surface area contributed by atoms with E-state index in [1.807, 2.05) is 0 Å². The van der Waals surface area contributed by atoms with Crippen LogP contribution >= 0.6 is 11.3 Å².